The van der Waals surface area contributed by atoms with E-state index in [0.717, 1.165) is 12.1 Å². The lowest BCUT2D eigenvalue weighted by Crippen LogP contribution is -1.96. The summed E-state index contributed by atoms with van der Waals surface area (Å²) in [5, 5.41) is -1.04. The average Bonchev–Trinajstić information content (AvgIpc) is 2.69. The van der Waals surface area contributed by atoms with Crippen LogP contribution in [0.25, 0.3) is 0 Å². The van der Waals surface area contributed by atoms with E-state index in [-0.39, 0.29) is 10.6 Å². The van der Waals surface area contributed by atoms with Gasteiger partial charge in [0.15, 0.2) is 0 Å². The lowest BCUT2D eigenvalue weighted by molar-refractivity contribution is 0.588. The minimum atomic E-state index is -0.778. The summed E-state index contributed by atoms with van der Waals surface area (Å²) < 4.78 is 27.4. The van der Waals surface area contributed by atoms with Crippen LogP contribution in [0.4, 0.5) is 8.78 Å². The second-order valence-electron chi connectivity index (χ2n) is 3.29. The first-order valence-corrected chi connectivity index (χ1v) is 6.53. The van der Waals surface area contributed by atoms with Gasteiger partial charge in [-0.15, -0.1) is 22.9 Å². The zero-order chi connectivity index (χ0) is 12.6. The topological polar surface area (TPSA) is 0 Å². The summed E-state index contributed by atoms with van der Waals surface area (Å²) in [5.41, 5.74) is 0.0482. The van der Waals surface area contributed by atoms with Gasteiger partial charge >= 0.3 is 0 Å². The van der Waals surface area contributed by atoms with Gasteiger partial charge in [0.2, 0.25) is 0 Å². The van der Waals surface area contributed by atoms with Crippen molar-refractivity contribution in [3.63, 3.8) is 0 Å². The highest BCUT2D eigenvalue weighted by atomic mass is 35.5. The number of hydrogen-bond acceptors (Lipinski definition) is 1. The molecule has 0 aliphatic heterocycles. The van der Waals surface area contributed by atoms with Crippen molar-refractivity contribution >= 4 is 46.1 Å². The van der Waals surface area contributed by atoms with Crippen LogP contribution in [0.1, 0.15) is 15.8 Å². The number of benzene rings is 1. The summed E-state index contributed by atoms with van der Waals surface area (Å²) >= 11 is 18.5. The van der Waals surface area contributed by atoms with Crippen molar-refractivity contribution in [2.45, 2.75) is 5.38 Å². The van der Waals surface area contributed by atoms with Gasteiger partial charge in [0.05, 0.1) is 14.7 Å². The van der Waals surface area contributed by atoms with Crippen LogP contribution in [0.3, 0.4) is 0 Å². The first-order chi connectivity index (χ1) is 7.99. The molecular formula is C11H5Cl3F2S. The molecule has 0 nitrogen and oxygen atoms in total. The Hall–Kier alpha value is -0.350. The van der Waals surface area contributed by atoms with Gasteiger partial charge in [-0.05, 0) is 24.3 Å². The maximum absolute atomic E-state index is 13.6. The quantitative estimate of drug-likeness (QED) is 0.495. The van der Waals surface area contributed by atoms with Crippen molar-refractivity contribution < 1.29 is 8.78 Å². The molecule has 0 bridgehead atoms. The normalized spacial score (nSPS) is 12.8. The molecule has 0 aliphatic rings. The number of hydrogen-bond donors (Lipinski definition) is 0. The fourth-order valence-electron chi connectivity index (χ4n) is 1.35. The van der Waals surface area contributed by atoms with Crippen LogP contribution in [0.15, 0.2) is 24.3 Å². The molecule has 1 heterocycles. The molecular weight excluding hydrogens is 309 g/mol. The number of halogens is 5. The molecule has 0 N–H and O–H groups in total. The van der Waals surface area contributed by atoms with Crippen molar-refractivity contribution in [1.29, 1.82) is 0 Å². The molecule has 0 spiro atoms. The van der Waals surface area contributed by atoms with E-state index in [0.29, 0.717) is 9.21 Å². The lowest BCUT2D eigenvalue weighted by Gasteiger charge is -2.09. The van der Waals surface area contributed by atoms with Crippen molar-refractivity contribution in [1.82, 2.24) is 0 Å². The summed E-state index contributed by atoms with van der Waals surface area (Å²) in [4.78, 5) is 0.650. The summed E-state index contributed by atoms with van der Waals surface area (Å²) in [6.45, 7) is 0. The van der Waals surface area contributed by atoms with Gasteiger partial charge in [0.25, 0.3) is 0 Å². The molecule has 0 amide bonds. The number of rotatable bonds is 2. The molecule has 17 heavy (non-hydrogen) atoms. The van der Waals surface area contributed by atoms with Crippen LogP contribution >= 0.6 is 46.1 Å². The SMILES string of the molecule is Fc1cc(C(Cl)c2ccc(Cl)s2)c(F)cc1Cl. The average molecular weight is 314 g/mol. The molecule has 1 aromatic heterocycles. The van der Waals surface area contributed by atoms with Crippen LogP contribution in [0.2, 0.25) is 9.36 Å². The number of alkyl halides is 1. The van der Waals surface area contributed by atoms with Gasteiger partial charge in [0, 0.05) is 10.4 Å². The van der Waals surface area contributed by atoms with Crippen LogP contribution in [-0.2, 0) is 0 Å². The second kappa shape index (κ2) is 5.11. The van der Waals surface area contributed by atoms with Crippen molar-refractivity contribution in [2.24, 2.45) is 0 Å². The van der Waals surface area contributed by atoms with E-state index in [4.69, 9.17) is 34.8 Å². The molecule has 0 radical (unpaired) electrons. The maximum atomic E-state index is 13.6. The van der Waals surface area contributed by atoms with Crippen LogP contribution in [0, 0.1) is 11.6 Å². The highest BCUT2D eigenvalue weighted by Gasteiger charge is 2.19. The fourth-order valence-corrected chi connectivity index (χ4v) is 2.93. The highest BCUT2D eigenvalue weighted by molar-refractivity contribution is 7.16. The summed E-state index contributed by atoms with van der Waals surface area (Å²) in [6.07, 6.45) is 0. The fraction of sp³-hybridized carbons (Fsp3) is 0.0909. The Morgan fingerprint density at radius 1 is 1.06 bits per heavy atom. The van der Waals surface area contributed by atoms with Gasteiger partial charge < -0.3 is 0 Å². The van der Waals surface area contributed by atoms with E-state index in [1.807, 2.05) is 0 Å². The van der Waals surface area contributed by atoms with E-state index in [1.165, 1.54) is 11.3 Å². The molecule has 2 rings (SSSR count). The highest BCUT2D eigenvalue weighted by Crippen LogP contribution is 2.37. The maximum Gasteiger partial charge on any atom is 0.142 e. The van der Waals surface area contributed by atoms with E-state index >= 15 is 0 Å². The molecule has 1 unspecified atom stereocenters. The summed E-state index contributed by atoms with van der Waals surface area (Å²) in [7, 11) is 0. The predicted molar refractivity (Wildman–Crippen MR) is 68.4 cm³/mol. The first kappa shape index (κ1) is 13.1. The Labute approximate surface area is 116 Å². The molecule has 0 fully saturated rings. The Bertz CT molecular complexity index is 554. The Balaban J connectivity index is 2.43. The smallest absolute Gasteiger partial charge is 0.142 e. The monoisotopic (exact) mass is 312 g/mol. The van der Waals surface area contributed by atoms with E-state index in [1.54, 1.807) is 12.1 Å². The molecule has 0 saturated heterocycles. The largest absolute Gasteiger partial charge is 0.207 e. The van der Waals surface area contributed by atoms with Gasteiger partial charge in [-0.3, -0.25) is 0 Å². The van der Waals surface area contributed by atoms with E-state index in [9.17, 15) is 8.78 Å². The molecule has 1 aromatic carbocycles. The molecule has 1 atom stereocenters. The third-order valence-electron chi connectivity index (χ3n) is 2.16. The van der Waals surface area contributed by atoms with Crippen molar-refractivity contribution in [3.8, 4) is 0 Å². The van der Waals surface area contributed by atoms with Gasteiger partial charge in [-0.1, -0.05) is 23.2 Å². The Kier molecular flexibility index (Phi) is 3.93. The molecule has 0 aliphatic carbocycles. The summed E-state index contributed by atoms with van der Waals surface area (Å²) in [5.74, 6) is -1.34. The van der Waals surface area contributed by atoms with E-state index < -0.39 is 17.0 Å². The van der Waals surface area contributed by atoms with Crippen molar-refractivity contribution in [3.05, 3.63) is 55.7 Å². The van der Waals surface area contributed by atoms with Gasteiger partial charge in [-0.25, -0.2) is 8.78 Å². The minimum absolute atomic E-state index is 0.0482. The third-order valence-corrected chi connectivity index (χ3v) is 4.34. The molecule has 0 saturated carbocycles. The molecule has 90 valence electrons. The summed E-state index contributed by atoms with van der Waals surface area (Å²) in [6, 6.07) is 5.25. The van der Waals surface area contributed by atoms with Gasteiger partial charge in [-0.2, -0.15) is 0 Å². The zero-order valence-corrected chi connectivity index (χ0v) is 11.3. The minimum Gasteiger partial charge on any atom is -0.207 e. The number of thiophene rings is 1. The second-order valence-corrected chi connectivity index (χ2v) is 5.88. The van der Waals surface area contributed by atoms with Gasteiger partial charge in [0.1, 0.15) is 11.6 Å². The third kappa shape index (κ3) is 2.74. The Morgan fingerprint density at radius 3 is 2.35 bits per heavy atom. The van der Waals surface area contributed by atoms with Crippen molar-refractivity contribution in [2.75, 3.05) is 0 Å². The zero-order valence-electron chi connectivity index (χ0n) is 8.18. The predicted octanol–water partition coefficient (Wildman–Crippen LogP) is 5.66. The molecule has 6 heteroatoms. The molecule has 2 aromatic rings. The lowest BCUT2D eigenvalue weighted by atomic mass is 10.1. The van der Waals surface area contributed by atoms with Crippen LogP contribution in [0.5, 0.6) is 0 Å². The first-order valence-electron chi connectivity index (χ1n) is 4.53. The van der Waals surface area contributed by atoms with Crippen LogP contribution < -0.4 is 0 Å². The van der Waals surface area contributed by atoms with E-state index in [2.05, 4.69) is 0 Å². The van der Waals surface area contributed by atoms with Crippen LogP contribution in [-0.4, -0.2) is 0 Å². The standard InChI is InChI=1S/C11H5Cl3F2S/c12-6-4-7(15)5(3-8(6)16)11(14)9-1-2-10(13)17-9/h1-4,11H. The Morgan fingerprint density at radius 2 is 1.76 bits per heavy atom.